The summed E-state index contributed by atoms with van der Waals surface area (Å²) in [4.78, 5) is 12.5. The minimum atomic E-state index is -0.106. The van der Waals surface area contributed by atoms with Gasteiger partial charge in [-0.25, -0.2) is 0 Å². The van der Waals surface area contributed by atoms with Gasteiger partial charge in [0.25, 0.3) is 0 Å². The first-order chi connectivity index (χ1) is 8.54. The van der Waals surface area contributed by atoms with E-state index >= 15 is 0 Å². The Bertz CT molecular complexity index is 427. The van der Waals surface area contributed by atoms with Gasteiger partial charge in [0.1, 0.15) is 5.75 Å². The maximum atomic E-state index is 12.5. The number of ether oxygens (including phenoxy) is 1. The number of benzene rings is 1. The molecule has 0 heterocycles. The Morgan fingerprint density at radius 1 is 1.39 bits per heavy atom. The van der Waals surface area contributed by atoms with Crippen molar-refractivity contribution in [2.24, 2.45) is 11.7 Å². The molecule has 3 nitrogen and oxygen atoms in total. The molecule has 0 saturated heterocycles. The Morgan fingerprint density at radius 2 is 2.06 bits per heavy atom. The van der Waals surface area contributed by atoms with Gasteiger partial charge in [-0.2, -0.15) is 0 Å². The largest absolute Gasteiger partial charge is 0.496 e. The van der Waals surface area contributed by atoms with Gasteiger partial charge in [0.15, 0.2) is 5.78 Å². The molecule has 18 heavy (non-hydrogen) atoms. The molecular weight excluding hydrogens is 226 g/mol. The summed E-state index contributed by atoms with van der Waals surface area (Å²) in [5, 5.41) is 0. The van der Waals surface area contributed by atoms with Crippen LogP contribution in [0.2, 0.25) is 0 Å². The van der Waals surface area contributed by atoms with Crippen LogP contribution in [0.15, 0.2) is 12.1 Å². The van der Waals surface area contributed by atoms with Crippen molar-refractivity contribution in [1.29, 1.82) is 0 Å². The van der Waals surface area contributed by atoms with E-state index in [4.69, 9.17) is 10.5 Å². The number of hydrogen-bond acceptors (Lipinski definition) is 3. The molecule has 1 aromatic rings. The van der Waals surface area contributed by atoms with E-state index in [0.717, 1.165) is 24.0 Å². The van der Waals surface area contributed by atoms with Crippen LogP contribution in [-0.2, 0) is 0 Å². The summed E-state index contributed by atoms with van der Waals surface area (Å²) in [7, 11) is 1.60. The average molecular weight is 249 g/mol. The van der Waals surface area contributed by atoms with E-state index in [9.17, 15) is 4.79 Å². The lowest BCUT2D eigenvalue weighted by molar-refractivity contribution is 0.0913. The molecule has 100 valence electrons. The van der Waals surface area contributed by atoms with E-state index in [1.54, 1.807) is 7.11 Å². The number of rotatable bonds is 6. The second kappa shape index (κ2) is 6.55. The molecule has 0 radical (unpaired) electrons. The molecule has 1 aromatic carbocycles. The SMILES string of the molecule is CCCC(CN)C(=O)c1c(C)cc(C)cc1OC. The Labute approximate surface area is 109 Å². The van der Waals surface area contributed by atoms with Crippen molar-refractivity contribution in [1.82, 2.24) is 0 Å². The lowest BCUT2D eigenvalue weighted by Gasteiger charge is -2.17. The maximum Gasteiger partial charge on any atom is 0.171 e. The number of aryl methyl sites for hydroxylation is 2. The number of Topliss-reactive ketones (excluding diaryl/α,β-unsaturated/α-hetero) is 1. The lowest BCUT2D eigenvalue weighted by atomic mass is 9.90. The zero-order chi connectivity index (χ0) is 13.7. The van der Waals surface area contributed by atoms with Crippen LogP contribution >= 0.6 is 0 Å². The van der Waals surface area contributed by atoms with Crippen LogP contribution in [0.1, 0.15) is 41.3 Å². The van der Waals surface area contributed by atoms with Gasteiger partial charge < -0.3 is 10.5 Å². The molecule has 1 atom stereocenters. The second-order valence-corrected chi connectivity index (χ2v) is 4.74. The standard InChI is InChI=1S/C15H23NO2/c1-5-6-12(9-16)15(17)14-11(3)7-10(2)8-13(14)18-4/h7-8,12H,5-6,9,16H2,1-4H3. The first kappa shape index (κ1) is 14.7. The van der Waals surface area contributed by atoms with Crippen LogP contribution in [0.5, 0.6) is 5.75 Å². The molecule has 0 aromatic heterocycles. The highest BCUT2D eigenvalue weighted by Crippen LogP contribution is 2.27. The molecule has 0 spiro atoms. The van der Waals surface area contributed by atoms with Crippen molar-refractivity contribution in [2.45, 2.75) is 33.6 Å². The third-order valence-electron chi connectivity index (χ3n) is 3.20. The quantitative estimate of drug-likeness (QED) is 0.789. The predicted molar refractivity (Wildman–Crippen MR) is 74.3 cm³/mol. The average Bonchev–Trinajstić information content (AvgIpc) is 2.34. The van der Waals surface area contributed by atoms with Crippen molar-refractivity contribution in [3.8, 4) is 5.75 Å². The van der Waals surface area contributed by atoms with Crippen molar-refractivity contribution in [2.75, 3.05) is 13.7 Å². The van der Waals surface area contributed by atoms with Crippen molar-refractivity contribution in [3.05, 3.63) is 28.8 Å². The molecule has 0 fully saturated rings. The monoisotopic (exact) mass is 249 g/mol. The second-order valence-electron chi connectivity index (χ2n) is 4.74. The van der Waals surface area contributed by atoms with E-state index in [0.29, 0.717) is 17.9 Å². The Balaban J connectivity index is 3.18. The number of carbonyl (C=O) groups excluding carboxylic acids is 1. The molecule has 2 N–H and O–H groups in total. The summed E-state index contributed by atoms with van der Waals surface area (Å²) in [5.41, 5.74) is 8.46. The van der Waals surface area contributed by atoms with Gasteiger partial charge in [-0.15, -0.1) is 0 Å². The molecule has 1 unspecified atom stereocenters. The molecule has 0 saturated carbocycles. The third kappa shape index (κ3) is 3.10. The van der Waals surface area contributed by atoms with Crippen molar-refractivity contribution in [3.63, 3.8) is 0 Å². The zero-order valence-corrected chi connectivity index (χ0v) is 11.7. The highest BCUT2D eigenvalue weighted by atomic mass is 16.5. The number of methoxy groups -OCH3 is 1. The molecule has 0 amide bonds. The lowest BCUT2D eigenvalue weighted by Crippen LogP contribution is -2.24. The van der Waals surface area contributed by atoms with Crippen molar-refractivity contribution < 1.29 is 9.53 Å². The number of hydrogen-bond donors (Lipinski definition) is 1. The van der Waals surface area contributed by atoms with E-state index in [1.807, 2.05) is 26.0 Å². The first-order valence-corrected chi connectivity index (χ1v) is 6.44. The molecule has 3 heteroatoms. The highest BCUT2D eigenvalue weighted by molar-refractivity contribution is 6.01. The van der Waals surface area contributed by atoms with Crippen LogP contribution in [0.4, 0.5) is 0 Å². The van der Waals surface area contributed by atoms with Gasteiger partial charge in [-0.3, -0.25) is 4.79 Å². The summed E-state index contributed by atoms with van der Waals surface area (Å²) in [5.74, 6) is 0.658. The van der Waals surface area contributed by atoms with Crippen LogP contribution in [0.25, 0.3) is 0 Å². The predicted octanol–water partition coefficient (Wildman–Crippen LogP) is 2.87. The normalized spacial score (nSPS) is 12.3. The Morgan fingerprint density at radius 3 is 2.56 bits per heavy atom. The van der Waals surface area contributed by atoms with Gasteiger partial charge >= 0.3 is 0 Å². The summed E-state index contributed by atoms with van der Waals surface area (Å²) in [6.45, 7) is 6.40. The fourth-order valence-electron chi connectivity index (χ4n) is 2.31. The molecule has 0 aliphatic rings. The minimum absolute atomic E-state index is 0.105. The molecule has 0 aliphatic heterocycles. The van der Waals surface area contributed by atoms with Gasteiger partial charge in [-0.05, 0) is 37.5 Å². The number of carbonyl (C=O) groups is 1. The Kier molecular flexibility index (Phi) is 5.35. The first-order valence-electron chi connectivity index (χ1n) is 6.44. The van der Waals surface area contributed by atoms with E-state index < -0.39 is 0 Å². The third-order valence-corrected chi connectivity index (χ3v) is 3.20. The van der Waals surface area contributed by atoms with Gasteiger partial charge in [0.05, 0.1) is 12.7 Å². The van der Waals surface area contributed by atoms with Gasteiger partial charge in [0.2, 0.25) is 0 Å². The summed E-state index contributed by atoms with van der Waals surface area (Å²) >= 11 is 0. The fraction of sp³-hybridized carbons (Fsp3) is 0.533. The topological polar surface area (TPSA) is 52.3 Å². The van der Waals surface area contributed by atoms with Crippen LogP contribution in [0, 0.1) is 19.8 Å². The Hall–Kier alpha value is -1.35. The highest BCUT2D eigenvalue weighted by Gasteiger charge is 2.23. The molecule has 0 aliphatic carbocycles. The van der Waals surface area contributed by atoms with E-state index in [-0.39, 0.29) is 11.7 Å². The summed E-state index contributed by atoms with van der Waals surface area (Å²) in [6.07, 6.45) is 1.78. The van der Waals surface area contributed by atoms with Gasteiger partial charge in [-0.1, -0.05) is 19.4 Å². The van der Waals surface area contributed by atoms with Crippen molar-refractivity contribution >= 4 is 5.78 Å². The zero-order valence-electron chi connectivity index (χ0n) is 11.7. The van der Waals surface area contributed by atoms with Crippen LogP contribution < -0.4 is 10.5 Å². The van der Waals surface area contributed by atoms with E-state index in [2.05, 4.69) is 6.92 Å². The molecule has 0 bridgehead atoms. The molecule has 1 rings (SSSR count). The maximum absolute atomic E-state index is 12.5. The summed E-state index contributed by atoms with van der Waals surface area (Å²) in [6, 6.07) is 3.91. The summed E-state index contributed by atoms with van der Waals surface area (Å²) < 4.78 is 5.34. The number of nitrogens with two attached hydrogens (primary N) is 1. The number of ketones is 1. The van der Waals surface area contributed by atoms with E-state index in [1.165, 1.54) is 0 Å². The fourth-order valence-corrected chi connectivity index (χ4v) is 2.31. The van der Waals surface area contributed by atoms with Crippen LogP contribution in [-0.4, -0.2) is 19.4 Å². The van der Waals surface area contributed by atoms with Gasteiger partial charge in [0, 0.05) is 12.5 Å². The molecular formula is C15H23NO2. The smallest absolute Gasteiger partial charge is 0.171 e. The minimum Gasteiger partial charge on any atom is -0.496 e. The van der Waals surface area contributed by atoms with Crippen LogP contribution in [0.3, 0.4) is 0 Å².